The monoisotopic (exact) mass is 309 g/mol. The first-order chi connectivity index (χ1) is 8.31. The summed E-state index contributed by atoms with van der Waals surface area (Å²) in [7, 11) is 1.29. The molecular formula is C11H13Cl2NO3S. The minimum atomic E-state index is -3.96. The van der Waals surface area contributed by atoms with E-state index in [4.69, 9.17) is 22.3 Å². The van der Waals surface area contributed by atoms with Gasteiger partial charge in [0, 0.05) is 29.3 Å². The first-order valence-corrected chi connectivity index (χ1v) is 8.03. The van der Waals surface area contributed by atoms with Gasteiger partial charge in [0.2, 0.25) is 0 Å². The number of carbonyl (C=O) groups is 1. The fraction of sp³-hybridized carbons (Fsp3) is 0.364. The molecule has 1 aromatic carbocycles. The molecule has 0 fully saturated rings. The van der Waals surface area contributed by atoms with E-state index < -0.39 is 9.05 Å². The normalized spacial score (nSPS) is 11.3. The third-order valence-corrected chi connectivity index (χ3v) is 4.29. The smallest absolute Gasteiger partial charge is 0.262 e. The van der Waals surface area contributed by atoms with Crippen molar-refractivity contribution in [2.24, 2.45) is 0 Å². The van der Waals surface area contributed by atoms with E-state index in [1.54, 1.807) is 4.90 Å². The molecule has 0 saturated heterocycles. The summed E-state index contributed by atoms with van der Waals surface area (Å²) < 4.78 is 22.6. The van der Waals surface area contributed by atoms with Crippen LogP contribution in [0.2, 0.25) is 5.02 Å². The van der Waals surface area contributed by atoms with Gasteiger partial charge in [-0.3, -0.25) is 4.79 Å². The average Bonchev–Trinajstić information content (AvgIpc) is 2.29. The van der Waals surface area contributed by atoms with Gasteiger partial charge in [0.25, 0.3) is 15.0 Å². The minimum absolute atomic E-state index is 0.00102. The molecule has 1 rings (SSSR count). The Kier molecular flexibility index (Phi) is 5.01. The van der Waals surface area contributed by atoms with Crippen LogP contribution in [0.4, 0.5) is 0 Å². The lowest BCUT2D eigenvalue weighted by Gasteiger charge is -2.18. The van der Waals surface area contributed by atoms with Gasteiger partial charge in [-0.1, -0.05) is 11.6 Å². The molecule has 0 aliphatic rings. The first kappa shape index (κ1) is 15.3. The summed E-state index contributed by atoms with van der Waals surface area (Å²) >= 11 is 5.74. The van der Waals surface area contributed by atoms with Crippen molar-refractivity contribution in [1.29, 1.82) is 0 Å². The highest BCUT2D eigenvalue weighted by atomic mass is 35.7. The average molecular weight is 310 g/mol. The Morgan fingerprint density at radius 3 is 2.28 bits per heavy atom. The number of hydrogen-bond acceptors (Lipinski definition) is 3. The molecule has 0 N–H and O–H groups in total. The maximum Gasteiger partial charge on any atom is 0.262 e. The van der Waals surface area contributed by atoms with E-state index in [1.807, 2.05) is 13.8 Å². The van der Waals surface area contributed by atoms with Gasteiger partial charge in [-0.05, 0) is 32.0 Å². The van der Waals surface area contributed by atoms with Crippen molar-refractivity contribution in [3.63, 3.8) is 0 Å². The Hall–Kier alpha value is -0.780. The standard InChI is InChI=1S/C11H13Cl2NO3S/c1-3-14(4-2)11(15)8-5-6-9(12)10(7-8)18(13,16)17/h5-7H,3-4H2,1-2H3. The quantitative estimate of drug-likeness (QED) is 0.804. The zero-order valence-electron chi connectivity index (χ0n) is 9.98. The van der Waals surface area contributed by atoms with E-state index in [9.17, 15) is 13.2 Å². The van der Waals surface area contributed by atoms with Crippen LogP contribution >= 0.6 is 22.3 Å². The van der Waals surface area contributed by atoms with Crippen LogP contribution < -0.4 is 0 Å². The third kappa shape index (κ3) is 3.37. The predicted molar refractivity (Wildman–Crippen MR) is 71.7 cm³/mol. The molecule has 0 heterocycles. The fourth-order valence-corrected chi connectivity index (χ4v) is 3.01. The molecule has 0 aromatic heterocycles. The van der Waals surface area contributed by atoms with Gasteiger partial charge in [0.15, 0.2) is 0 Å². The Labute approximate surface area is 116 Å². The van der Waals surface area contributed by atoms with E-state index in [-0.39, 0.29) is 21.4 Å². The third-order valence-electron chi connectivity index (χ3n) is 2.49. The Morgan fingerprint density at radius 2 is 1.83 bits per heavy atom. The lowest BCUT2D eigenvalue weighted by atomic mass is 10.2. The summed E-state index contributed by atoms with van der Waals surface area (Å²) in [6.45, 7) is 4.77. The zero-order valence-corrected chi connectivity index (χ0v) is 12.3. The summed E-state index contributed by atoms with van der Waals surface area (Å²) in [6, 6.07) is 4.04. The number of amides is 1. The van der Waals surface area contributed by atoms with Crippen LogP contribution in [-0.4, -0.2) is 32.3 Å². The number of benzene rings is 1. The summed E-state index contributed by atoms with van der Waals surface area (Å²) in [6.07, 6.45) is 0. The second-order valence-electron chi connectivity index (χ2n) is 3.56. The summed E-state index contributed by atoms with van der Waals surface area (Å²) in [4.78, 5) is 13.4. The second kappa shape index (κ2) is 5.91. The number of hydrogen-bond donors (Lipinski definition) is 0. The molecule has 1 amide bonds. The first-order valence-electron chi connectivity index (χ1n) is 5.34. The highest BCUT2D eigenvalue weighted by molar-refractivity contribution is 8.13. The highest BCUT2D eigenvalue weighted by Crippen LogP contribution is 2.26. The minimum Gasteiger partial charge on any atom is -0.339 e. The van der Waals surface area contributed by atoms with Crippen molar-refractivity contribution in [3.05, 3.63) is 28.8 Å². The van der Waals surface area contributed by atoms with Gasteiger partial charge in [0.1, 0.15) is 4.90 Å². The van der Waals surface area contributed by atoms with Crippen LogP contribution in [0.25, 0.3) is 0 Å². The SMILES string of the molecule is CCN(CC)C(=O)c1ccc(Cl)c(S(=O)(=O)Cl)c1. The predicted octanol–water partition coefficient (Wildman–Crippen LogP) is 2.75. The molecule has 0 unspecified atom stereocenters. The highest BCUT2D eigenvalue weighted by Gasteiger charge is 2.19. The Morgan fingerprint density at radius 1 is 1.28 bits per heavy atom. The Balaban J connectivity index is 3.25. The summed E-state index contributed by atoms with van der Waals surface area (Å²) in [5, 5.41) is 0.00102. The molecule has 0 atom stereocenters. The van der Waals surface area contributed by atoms with E-state index in [0.29, 0.717) is 13.1 Å². The van der Waals surface area contributed by atoms with Crippen molar-refractivity contribution < 1.29 is 13.2 Å². The van der Waals surface area contributed by atoms with Crippen LogP contribution in [-0.2, 0) is 9.05 Å². The van der Waals surface area contributed by atoms with E-state index in [0.717, 1.165) is 0 Å². The lowest BCUT2D eigenvalue weighted by molar-refractivity contribution is 0.0773. The number of rotatable bonds is 4. The van der Waals surface area contributed by atoms with Crippen molar-refractivity contribution in [1.82, 2.24) is 4.90 Å². The van der Waals surface area contributed by atoms with Gasteiger partial charge < -0.3 is 4.90 Å². The van der Waals surface area contributed by atoms with Crippen molar-refractivity contribution in [2.45, 2.75) is 18.7 Å². The van der Waals surface area contributed by atoms with Gasteiger partial charge in [0.05, 0.1) is 5.02 Å². The van der Waals surface area contributed by atoms with Gasteiger partial charge in [-0.15, -0.1) is 0 Å². The van der Waals surface area contributed by atoms with Gasteiger partial charge in [-0.2, -0.15) is 0 Å². The van der Waals surface area contributed by atoms with Crippen LogP contribution in [0.15, 0.2) is 23.1 Å². The van der Waals surface area contributed by atoms with Crippen LogP contribution in [0, 0.1) is 0 Å². The molecule has 0 bridgehead atoms. The van der Waals surface area contributed by atoms with Crippen molar-refractivity contribution >= 4 is 37.2 Å². The van der Waals surface area contributed by atoms with Crippen LogP contribution in [0.5, 0.6) is 0 Å². The Bertz CT molecular complexity index is 553. The molecule has 0 saturated carbocycles. The molecule has 100 valence electrons. The molecular weight excluding hydrogens is 297 g/mol. The largest absolute Gasteiger partial charge is 0.339 e. The number of nitrogens with zero attached hydrogens (tertiary/aromatic N) is 1. The molecule has 0 radical (unpaired) electrons. The molecule has 0 spiro atoms. The molecule has 0 aliphatic carbocycles. The van der Waals surface area contributed by atoms with E-state index in [2.05, 4.69) is 0 Å². The second-order valence-corrected chi connectivity index (χ2v) is 6.50. The molecule has 0 aliphatic heterocycles. The van der Waals surface area contributed by atoms with Crippen molar-refractivity contribution in [2.75, 3.05) is 13.1 Å². The molecule has 18 heavy (non-hydrogen) atoms. The molecule has 4 nitrogen and oxygen atoms in total. The maximum absolute atomic E-state index is 12.0. The zero-order chi connectivity index (χ0) is 13.9. The van der Waals surface area contributed by atoms with Gasteiger partial charge >= 0.3 is 0 Å². The lowest BCUT2D eigenvalue weighted by Crippen LogP contribution is -2.30. The van der Waals surface area contributed by atoms with Crippen LogP contribution in [0.1, 0.15) is 24.2 Å². The topological polar surface area (TPSA) is 54.5 Å². The molecule has 7 heteroatoms. The summed E-state index contributed by atoms with van der Waals surface area (Å²) in [5.41, 5.74) is 0.252. The maximum atomic E-state index is 12.0. The van der Waals surface area contributed by atoms with Crippen LogP contribution in [0.3, 0.4) is 0 Å². The van der Waals surface area contributed by atoms with Crippen molar-refractivity contribution in [3.8, 4) is 0 Å². The number of carbonyl (C=O) groups excluding carboxylic acids is 1. The van der Waals surface area contributed by atoms with E-state index in [1.165, 1.54) is 18.2 Å². The summed E-state index contributed by atoms with van der Waals surface area (Å²) in [5.74, 6) is -0.252. The van der Waals surface area contributed by atoms with Gasteiger partial charge in [-0.25, -0.2) is 8.42 Å². The van der Waals surface area contributed by atoms with E-state index >= 15 is 0 Å². The fourth-order valence-electron chi connectivity index (χ4n) is 1.52. The molecule has 1 aromatic rings. The number of halogens is 2.